The minimum Gasteiger partial charge on any atom is -0.308 e. The van der Waals surface area contributed by atoms with E-state index in [1.807, 2.05) is 42.5 Å². The molecule has 0 N–H and O–H groups in total. The molecule has 3 nitrogen and oxygen atoms in total. The van der Waals surface area contributed by atoms with Gasteiger partial charge in [-0.2, -0.15) is 0 Å². The van der Waals surface area contributed by atoms with E-state index in [2.05, 4.69) is 4.98 Å². The predicted octanol–water partition coefficient (Wildman–Crippen LogP) is 4.45. The van der Waals surface area contributed by atoms with Crippen molar-refractivity contribution in [2.45, 2.75) is 13.0 Å². The third kappa shape index (κ3) is 3.14. The summed E-state index contributed by atoms with van der Waals surface area (Å²) >= 11 is 0. The highest BCUT2D eigenvalue weighted by Crippen LogP contribution is 2.27. The minimum atomic E-state index is -0.290. The van der Waals surface area contributed by atoms with E-state index >= 15 is 0 Å². The lowest BCUT2D eigenvalue weighted by Crippen LogP contribution is -2.21. The van der Waals surface area contributed by atoms with E-state index in [-0.39, 0.29) is 11.4 Å². The van der Waals surface area contributed by atoms with Crippen LogP contribution in [0.3, 0.4) is 0 Å². The second-order valence-corrected chi connectivity index (χ2v) is 6.14. The van der Waals surface area contributed by atoms with E-state index in [0.29, 0.717) is 13.0 Å². The van der Waals surface area contributed by atoms with Crippen LogP contribution in [0.5, 0.6) is 0 Å². The van der Waals surface area contributed by atoms with Crippen LogP contribution < -0.4 is 5.56 Å². The Balaban J connectivity index is 1.80. The molecule has 0 unspecified atom stereocenters. The van der Waals surface area contributed by atoms with Crippen molar-refractivity contribution in [2.75, 3.05) is 0 Å². The highest BCUT2D eigenvalue weighted by atomic mass is 19.1. The molecule has 0 spiro atoms. The first-order valence-corrected chi connectivity index (χ1v) is 8.51. The molecule has 0 fully saturated rings. The van der Waals surface area contributed by atoms with Gasteiger partial charge in [0.25, 0.3) is 5.56 Å². The molecular formula is C22H17FN2O. The first kappa shape index (κ1) is 16.2. The fourth-order valence-electron chi connectivity index (χ4n) is 3.21. The molecule has 0 saturated heterocycles. The molecule has 128 valence electrons. The Hall–Kier alpha value is -3.27. The summed E-state index contributed by atoms with van der Waals surface area (Å²) in [4.78, 5) is 17.1. The maximum Gasteiger partial charge on any atom is 0.251 e. The number of aromatic nitrogens is 2. The number of rotatable bonds is 4. The highest BCUT2D eigenvalue weighted by molar-refractivity contribution is 5.94. The molecule has 0 aliphatic heterocycles. The van der Waals surface area contributed by atoms with Crippen molar-refractivity contribution in [3.05, 3.63) is 101 Å². The molecule has 0 radical (unpaired) electrons. The van der Waals surface area contributed by atoms with Crippen molar-refractivity contribution in [3.8, 4) is 11.1 Å². The average molecular weight is 344 g/mol. The maximum absolute atomic E-state index is 13.2. The van der Waals surface area contributed by atoms with Crippen molar-refractivity contribution in [3.63, 3.8) is 0 Å². The van der Waals surface area contributed by atoms with Gasteiger partial charge in [-0.3, -0.25) is 9.78 Å². The first-order chi connectivity index (χ1) is 12.7. The van der Waals surface area contributed by atoms with Crippen LogP contribution in [0.25, 0.3) is 22.0 Å². The lowest BCUT2D eigenvalue weighted by Gasteiger charge is -2.13. The molecule has 0 saturated carbocycles. The van der Waals surface area contributed by atoms with E-state index < -0.39 is 0 Å². The van der Waals surface area contributed by atoms with Gasteiger partial charge in [-0.15, -0.1) is 0 Å². The second kappa shape index (κ2) is 6.92. The third-order valence-electron chi connectivity index (χ3n) is 4.49. The standard InChI is InChI=1S/C22H17FN2O/c23-17-10-8-16(9-11-17)20-15-22(26)25(21-7-2-1-6-19(20)21)14-12-18-5-3-4-13-24-18/h1-11,13,15H,12,14H2. The summed E-state index contributed by atoms with van der Waals surface area (Å²) in [7, 11) is 0. The lowest BCUT2D eigenvalue weighted by molar-refractivity contribution is 0.628. The predicted molar refractivity (Wildman–Crippen MR) is 102 cm³/mol. The number of hydrogen-bond acceptors (Lipinski definition) is 2. The van der Waals surface area contributed by atoms with E-state index in [9.17, 15) is 9.18 Å². The Labute approximate surface area is 150 Å². The molecule has 0 amide bonds. The number of nitrogens with zero attached hydrogens (tertiary/aromatic N) is 2. The van der Waals surface area contributed by atoms with Crippen LogP contribution in [0.2, 0.25) is 0 Å². The van der Waals surface area contributed by atoms with Gasteiger partial charge in [0.2, 0.25) is 0 Å². The van der Waals surface area contributed by atoms with Crippen molar-refractivity contribution < 1.29 is 4.39 Å². The normalized spacial score (nSPS) is 11.0. The Morgan fingerprint density at radius 2 is 1.69 bits per heavy atom. The maximum atomic E-state index is 13.2. The summed E-state index contributed by atoms with van der Waals surface area (Å²) in [6.07, 6.45) is 2.44. The van der Waals surface area contributed by atoms with Crippen LogP contribution >= 0.6 is 0 Å². The number of para-hydroxylation sites is 1. The Morgan fingerprint density at radius 1 is 0.923 bits per heavy atom. The lowest BCUT2D eigenvalue weighted by atomic mass is 10.0. The molecule has 4 rings (SSSR count). The van der Waals surface area contributed by atoms with Gasteiger partial charge >= 0.3 is 0 Å². The largest absolute Gasteiger partial charge is 0.308 e. The van der Waals surface area contributed by atoms with Crippen molar-refractivity contribution in [1.29, 1.82) is 0 Å². The van der Waals surface area contributed by atoms with Crippen LogP contribution in [-0.4, -0.2) is 9.55 Å². The molecule has 4 aromatic rings. The molecule has 0 aliphatic carbocycles. The molecule has 0 atom stereocenters. The molecule has 2 heterocycles. The van der Waals surface area contributed by atoms with Gasteiger partial charge < -0.3 is 4.57 Å². The number of pyridine rings is 2. The van der Waals surface area contributed by atoms with Crippen molar-refractivity contribution in [2.24, 2.45) is 0 Å². The monoisotopic (exact) mass is 344 g/mol. The van der Waals surface area contributed by atoms with Gasteiger partial charge in [0.1, 0.15) is 5.82 Å². The van der Waals surface area contributed by atoms with E-state index in [1.165, 1.54) is 12.1 Å². The van der Waals surface area contributed by atoms with Crippen LogP contribution in [0.4, 0.5) is 4.39 Å². The van der Waals surface area contributed by atoms with Crippen LogP contribution in [0.1, 0.15) is 5.69 Å². The van der Waals surface area contributed by atoms with Crippen molar-refractivity contribution >= 4 is 10.9 Å². The molecular weight excluding hydrogens is 327 g/mol. The number of aryl methyl sites for hydroxylation is 2. The van der Waals surface area contributed by atoms with E-state index in [1.54, 1.807) is 29.0 Å². The van der Waals surface area contributed by atoms with Crippen LogP contribution in [0.15, 0.2) is 83.8 Å². The summed E-state index contributed by atoms with van der Waals surface area (Å²) in [5.74, 6) is -0.290. The highest BCUT2D eigenvalue weighted by Gasteiger charge is 2.10. The number of hydrogen-bond donors (Lipinski definition) is 0. The zero-order valence-corrected chi connectivity index (χ0v) is 14.1. The van der Waals surface area contributed by atoms with Gasteiger partial charge in [0, 0.05) is 36.3 Å². The zero-order chi connectivity index (χ0) is 17.9. The van der Waals surface area contributed by atoms with Gasteiger partial charge in [-0.05, 0) is 41.5 Å². The van der Waals surface area contributed by atoms with Crippen LogP contribution in [-0.2, 0) is 13.0 Å². The smallest absolute Gasteiger partial charge is 0.251 e. The van der Waals surface area contributed by atoms with Gasteiger partial charge in [0.15, 0.2) is 0 Å². The third-order valence-corrected chi connectivity index (χ3v) is 4.49. The number of fused-ring (bicyclic) bond motifs is 1. The van der Waals surface area contributed by atoms with Gasteiger partial charge in [-0.25, -0.2) is 4.39 Å². The Kier molecular flexibility index (Phi) is 4.32. The Bertz CT molecular complexity index is 1100. The van der Waals surface area contributed by atoms with Gasteiger partial charge in [0.05, 0.1) is 5.52 Å². The quantitative estimate of drug-likeness (QED) is 0.548. The van der Waals surface area contributed by atoms with Gasteiger partial charge in [-0.1, -0.05) is 36.4 Å². The van der Waals surface area contributed by atoms with E-state index in [4.69, 9.17) is 0 Å². The number of halogens is 1. The molecule has 0 bridgehead atoms. The second-order valence-electron chi connectivity index (χ2n) is 6.14. The molecule has 26 heavy (non-hydrogen) atoms. The molecule has 0 aliphatic rings. The van der Waals surface area contributed by atoms with Crippen molar-refractivity contribution in [1.82, 2.24) is 9.55 Å². The Morgan fingerprint density at radius 3 is 2.46 bits per heavy atom. The first-order valence-electron chi connectivity index (χ1n) is 8.51. The summed E-state index contributed by atoms with van der Waals surface area (Å²) in [5, 5.41) is 0.972. The average Bonchev–Trinajstić information content (AvgIpc) is 2.68. The summed E-state index contributed by atoms with van der Waals surface area (Å²) in [6, 6.07) is 21.5. The molecule has 2 aromatic carbocycles. The molecule has 2 aromatic heterocycles. The van der Waals surface area contributed by atoms with Crippen LogP contribution in [0, 0.1) is 5.82 Å². The zero-order valence-electron chi connectivity index (χ0n) is 14.1. The fraction of sp³-hybridized carbons (Fsp3) is 0.0909. The summed E-state index contributed by atoms with van der Waals surface area (Å²) < 4.78 is 15.0. The van der Waals surface area contributed by atoms with E-state index in [0.717, 1.165) is 27.7 Å². The SMILES string of the molecule is O=c1cc(-c2ccc(F)cc2)c2ccccc2n1CCc1ccccn1. The minimum absolute atomic E-state index is 0.0704. The number of benzene rings is 2. The summed E-state index contributed by atoms with van der Waals surface area (Å²) in [6.45, 7) is 0.556. The summed E-state index contributed by atoms with van der Waals surface area (Å²) in [5.41, 5.74) is 3.40. The fourth-order valence-corrected chi connectivity index (χ4v) is 3.21. The molecule has 4 heteroatoms. The topological polar surface area (TPSA) is 34.9 Å².